The molecule has 18 heavy (non-hydrogen) atoms. The van der Waals surface area contributed by atoms with Crippen LogP contribution in [0.5, 0.6) is 0 Å². The van der Waals surface area contributed by atoms with Crippen LogP contribution in [0.25, 0.3) is 0 Å². The quantitative estimate of drug-likeness (QED) is 0.798. The van der Waals surface area contributed by atoms with Gasteiger partial charge in [0.25, 0.3) is 0 Å². The van der Waals surface area contributed by atoms with Crippen molar-refractivity contribution in [3.63, 3.8) is 0 Å². The standard InChI is InChI=1S/C12H20O3S3/c1-18(14,15)10-4-2-3-9(7-10)12(13)11-8-16-5-6-17-11/h9-11H,2-8H2,1H3. The van der Waals surface area contributed by atoms with Crippen LogP contribution in [0.2, 0.25) is 0 Å². The molecule has 3 nitrogen and oxygen atoms in total. The Kier molecular flexibility index (Phi) is 5.06. The molecule has 1 aliphatic heterocycles. The van der Waals surface area contributed by atoms with Gasteiger partial charge in [-0.25, -0.2) is 8.42 Å². The SMILES string of the molecule is CS(=O)(=O)C1CCCC(C(=O)C2CSCCS2)C1. The Morgan fingerprint density at radius 2 is 2.00 bits per heavy atom. The molecule has 1 heterocycles. The fourth-order valence-corrected chi connectivity index (χ4v) is 6.60. The summed E-state index contributed by atoms with van der Waals surface area (Å²) in [5.74, 6) is 3.37. The highest BCUT2D eigenvalue weighted by Gasteiger charge is 2.35. The van der Waals surface area contributed by atoms with Crippen molar-refractivity contribution in [2.75, 3.05) is 23.5 Å². The number of thioether (sulfide) groups is 2. The minimum Gasteiger partial charge on any atom is -0.298 e. The first-order valence-electron chi connectivity index (χ1n) is 6.40. The maximum Gasteiger partial charge on any atom is 0.150 e. The van der Waals surface area contributed by atoms with Gasteiger partial charge >= 0.3 is 0 Å². The van der Waals surface area contributed by atoms with E-state index < -0.39 is 9.84 Å². The molecule has 0 aromatic rings. The number of sulfone groups is 1. The average molecular weight is 308 g/mol. The number of hydrogen-bond acceptors (Lipinski definition) is 5. The summed E-state index contributed by atoms with van der Waals surface area (Å²) in [6.07, 6.45) is 4.34. The predicted molar refractivity (Wildman–Crippen MR) is 79.2 cm³/mol. The Balaban J connectivity index is 1.97. The highest BCUT2D eigenvalue weighted by molar-refractivity contribution is 8.07. The summed E-state index contributed by atoms with van der Waals surface area (Å²) in [6, 6.07) is 0. The van der Waals surface area contributed by atoms with Crippen LogP contribution in [0.15, 0.2) is 0 Å². The van der Waals surface area contributed by atoms with Crippen molar-refractivity contribution < 1.29 is 13.2 Å². The molecule has 0 N–H and O–H groups in total. The van der Waals surface area contributed by atoms with Crippen LogP contribution in [0, 0.1) is 5.92 Å². The number of rotatable bonds is 3. The minimum absolute atomic E-state index is 0.0188. The van der Waals surface area contributed by atoms with Crippen molar-refractivity contribution in [2.24, 2.45) is 5.92 Å². The maximum atomic E-state index is 12.4. The zero-order valence-electron chi connectivity index (χ0n) is 10.6. The van der Waals surface area contributed by atoms with Crippen LogP contribution >= 0.6 is 23.5 Å². The van der Waals surface area contributed by atoms with E-state index in [0.717, 1.165) is 36.5 Å². The summed E-state index contributed by atoms with van der Waals surface area (Å²) >= 11 is 3.60. The second kappa shape index (κ2) is 6.18. The van der Waals surface area contributed by atoms with Gasteiger partial charge in [0, 0.05) is 29.4 Å². The van der Waals surface area contributed by atoms with Gasteiger partial charge in [-0.1, -0.05) is 6.42 Å². The highest BCUT2D eigenvalue weighted by atomic mass is 32.2. The molecule has 0 amide bonds. The van der Waals surface area contributed by atoms with Crippen molar-refractivity contribution in [3.8, 4) is 0 Å². The van der Waals surface area contributed by atoms with Gasteiger partial charge < -0.3 is 0 Å². The molecule has 2 aliphatic rings. The zero-order valence-corrected chi connectivity index (χ0v) is 13.1. The summed E-state index contributed by atoms with van der Waals surface area (Å²) in [6.45, 7) is 0. The fourth-order valence-electron chi connectivity index (χ4n) is 2.71. The Morgan fingerprint density at radius 1 is 1.22 bits per heavy atom. The largest absolute Gasteiger partial charge is 0.298 e. The molecule has 6 heteroatoms. The van der Waals surface area contributed by atoms with Gasteiger partial charge in [0.1, 0.15) is 15.6 Å². The van der Waals surface area contributed by atoms with E-state index in [9.17, 15) is 13.2 Å². The van der Waals surface area contributed by atoms with Crippen LogP contribution in [0.3, 0.4) is 0 Å². The topological polar surface area (TPSA) is 51.2 Å². The van der Waals surface area contributed by atoms with Crippen LogP contribution in [0.4, 0.5) is 0 Å². The normalized spacial score (nSPS) is 34.2. The molecule has 0 radical (unpaired) electrons. The molecular formula is C12H20O3S3. The summed E-state index contributed by atoms with van der Waals surface area (Å²) < 4.78 is 23.2. The second-order valence-corrected chi connectivity index (χ2v) is 9.94. The van der Waals surface area contributed by atoms with Gasteiger partial charge in [-0.15, -0.1) is 11.8 Å². The lowest BCUT2D eigenvalue weighted by Gasteiger charge is -2.30. The number of hydrogen-bond donors (Lipinski definition) is 0. The molecule has 104 valence electrons. The summed E-state index contributed by atoms with van der Waals surface area (Å²) in [4.78, 5) is 12.4. The minimum atomic E-state index is -2.99. The monoisotopic (exact) mass is 308 g/mol. The van der Waals surface area contributed by atoms with Crippen LogP contribution in [-0.4, -0.2) is 48.2 Å². The number of carbonyl (C=O) groups is 1. The average Bonchev–Trinajstić information content (AvgIpc) is 2.38. The van der Waals surface area contributed by atoms with Gasteiger partial charge in [0.05, 0.1) is 10.5 Å². The summed E-state index contributed by atoms with van der Waals surface area (Å²) in [7, 11) is -2.99. The lowest BCUT2D eigenvalue weighted by Crippen LogP contribution is -2.36. The van der Waals surface area contributed by atoms with Crippen molar-refractivity contribution in [2.45, 2.75) is 36.2 Å². The van der Waals surface area contributed by atoms with Crippen LogP contribution in [-0.2, 0) is 14.6 Å². The highest BCUT2D eigenvalue weighted by Crippen LogP contribution is 2.34. The molecule has 0 aromatic carbocycles. The number of ketones is 1. The Hall–Kier alpha value is 0.320. The smallest absolute Gasteiger partial charge is 0.150 e. The summed E-state index contributed by atoms with van der Waals surface area (Å²) in [5, 5.41) is -0.187. The van der Waals surface area contributed by atoms with E-state index in [1.54, 1.807) is 11.8 Å². The molecule has 0 aromatic heterocycles. The van der Waals surface area contributed by atoms with E-state index in [-0.39, 0.29) is 16.4 Å². The van der Waals surface area contributed by atoms with Crippen molar-refractivity contribution in [3.05, 3.63) is 0 Å². The third-order valence-corrected chi connectivity index (χ3v) is 8.18. The van der Waals surface area contributed by atoms with E-state index in [1.165, 1.54) is 6.26 Å². The van der Waals surface area contributed by atoms with Crippen molar-refractivity contribution >= 4 is 39.1 Å². The first kappa shape index (κ1) is 14.7. The second-order valence-electron chi connectivity index (χ2n) is 5.15. The maximum absolute atomic E-state index is 12.4. The zero-order chi connectivity index (χ0) is 13.2. The predicted octanol–water partition coefficient (Wildman–Crippen LogP) is 2.01. The third kappa shape index (κ3) is 3.67. The number of carbonyl (C=O) groups excluding carboxylic acids is 1. The van der Waals surface area contributed by atoms with E-state index in [2.05, 4.69) is 0 Å². The summed E-state index contributed by atoms with van der Waals surface area (Å²) in [5.41, 5.74) is 0. The molecule has 3 atom stereocenters. The van der Waals surface area contributed by atoms with Crippen LogP contribution < -0.4 is 0 Å². The van der Waals surface area contributed by atoms with Gasteiger partial charge in [0.2, 0.25) is 0 Å². The van der Waals surface area contributed by atoms with Crippen molar-refractivity contribution in [1.29, 1.82) is 0 Å². The van der Waals surface area contributed by atoms with Gasteiger partial charge in [-0.05, 0) is 19.3 Å². The van der Waals surface area contributed by atoms with E-state index in [1.807, 2.05) is 11.8 Å². The van der Waals surface area contributed by atoms with E-state index in [4.69, 9.17) is 0 Å². The first-order valence-corrected chi connectivity index (χ1v) is 10.6. The Bertz CT molecular complexity index is 399. The molecule has 3 unspecified atom stereocenters. The third-order valence-electron chi connectivity index (χ3n) is 3.77. The molecule has 2 rings (SSSR count). The van der Waals surface area contributed by atoms with Crippen molar-refractivity contribution in [1.82, 2.24) is 0 Å². The van der Waals surface area contributed by atoms with E-state index >= 15 is 0 Å². The Morgan fingerprint density at radius 3 is 2.61 bits per heavy atom. The first-order chi connectivity index (χ1) is 8.48. The fraction of sp³-hybridized carbons (Fsp3) is 0.917. The molecular weight excluding hydrogens is 288 g/mol. The Labute approximate surface area is 118 Å². The van der Waals surface area contributed by atoms with Gasteiger partial charge in [-0.3, -0.25) is 4.79 Å². The molecule has 1 saturated heterocycles. The van der Waals surface area contributed by atoms with Gasteiger partial charge in [-0.2, -0.15) is 11.8 Å². The lowest BCUT2D eigenvalue weighted by molar-refractivity contribution is -0.122. The number of Topliss-reactive ketones (excluding diaryl/α,β-unsaturated/α-hetero) is 1. The molecule has 0 bridgehead atoms. The molecule has 0 spiro atoms. The van der Waals surface area contributed by atoms with Crippen LogP contribution in [0.1, 0.15) is 25.7 Å². The molecule has 1 saturated carbocycles. The molecule has 2 fully saturated rings. The van der Waals surface area contributed by atoms with E-state index in [0.29, 0.717) is 12.2 Å². The lowest BCUT2D eigenvalue weighted by atomic mass is 9.85. The van der Waals surface area contributed by atoms with Gasteiger partial charge in [0.15, 0.2) is 0 Å². The molecule has 1 aliphatic carbocycles.